The second-order valence-corrected chi connectivity index (χ2v) is 5.31. The van der Waals surface area contributed by atoms with Gasteiger partial charge in [-0.2, -0.15) is 0 Å². The summed E-state index contributed by atoms with van der Waals surface area (Å²) in [5, 5.41) is 3.53. The smallest absolute Gasteiger partial charge is 0.256 e. The van der Waals surface area contributed by atoms with E-state index in [2.05, 4.69) is 26.2 Å². The molecule has 1 N–H and O–H groups in total. The SMILES string of the molecule is O=C(Nc1ccc(F)c(Br)c1)c1ccnc2ccccc12. The summed E-state index contributed by atoms with van der Waals surface area (Å²) in [7, 11) is 0. The molecule has 104 valence electrons. The Bertz CT molecular complexity index is 830. The average molecular weight is 345 g/mol. The van der Waals surface area contributed by atoms with Crippen molar-refractivity contribution >= 4 is 38.4 Å². The number of hydrogen-bond acceptors (Lipinski definition) is 2. The zero-order chi connectivity index (χ0) is 14.8. The molecule has 5 heteroatoms. The van der Waals surface area contributed by atoms with Crippen molar-refractivity contribution < 1.29 is 9.18 Å². The van der Waals surface area contributed by atoms with Gasteiger partial charge in [0.05, 0.1) is 15.6 Å². The van der Waals surface area contributed by atoms with E-state index in [4.69, 9.17) is 0 Å². The minimum Gasteiger partial charge on any atom is -0.322 e. The molecule has 2 aromatic carbocycles. The number of nitrogens with zero attached hydrogens (tertiary/aromatic N) is 1. The maximum atomic E-state index is 13.2. The van der Waals surface area contributed by atoms with Crippen LogP contribution in [0.4, 0.5) is 10.1 Å². The third-order valence-corrected chi connectivity index (χ3v) is 3.68. The Kier molecular flexibility index (Phi) is 3.66. The Morgan fingerprint density at radius 3 is 2.76 bits per heavy atom. The number of carbonyl (C=O) groups is 1. The largest absolute Gasteiger partial charge is 0.322 e. The quantitative estimate of drug-likeness (QED) is 0.749. The van der Waals surface area contributed by atoms with E-state index < -0.39 is 0 Å². The highest BCUT2D eigenvalue weighted by atomic mass is 79.9. The molecule has 3 rings (SSSR count). The fourth-order valence-electron chi connectivity index (χ4n) is 2.07. The summed E-state index contributed by atoms with van der Waals surface area (Å²) in [6.45, 7) is 0. The molecular weight excluding hydrogens is 335 g/mol. The van der Waals surface area contributed by atoms with Crippen molar-refractivity contribution in [3.8, 4) is 0 Å². The van der Waals surface area contributed by atoms with E-state index in [1.165, 1.54) is 18.2 Å². The number of amides is 1. The van der Waals surface area contributed by atoms with Gasteiger partial charge in [-0.15, -0.1) is 0 Å². The molecule has 3 nitrogen and oxygen atoms in total. The maximum absolute atomic E-state index is 13.2. The number of anilines is 1. The third kappa shape index (κ3) is 2.78. The fraction of sp³-hybridized carbons (Fsp3) is 0. The minimum atomic E-state index is -0.373. The van der Waals surface area contributed by atoms with E-state index in [1.54, 1.807) is 12.3 Å². The molecule has 0 unspecified atom stereocenters. The van der Waals surface area contributed by atoms with Crippen LogP contribution < -0.4 is 5.32 Å². The van der Waals surface area contributed by atoms with Gasteiger partial charge < -0.3 is 5.32 Å². The first kappa shape index (κ1) is 13.7. The van der Waals surface area contributed by atoms with E-state index in [1.807, 2.05) is 24.3 Å². The predicted molar refractivity (Wildman–Crippen MR) is 83.8 cm³/mol. The molecule has 0 bridgehead atoms. The van der Waals surface area contributed by atoms with Crippen molar-refractivity contribution in [2.75, 3.05) is 5.32 Å². The number of fused-ring (bicyclic) bond motifs is 1. The molecule has 0 fully saturated rings. The molecule has 0 aliphatic carbocycles. The van der Waals surface area contributed by atoms with Crippen molar-refractivity contribution in [3.63, 3.8) is 0 Å². The van der Waals surface area contributed by atoms with E-state index >= 15 is 0 Å². The summed E-state index contributed by atoms with van der Waals surface area (Å²) in [4.78, 5) is 16.6. The first-order valence-electron chi connectivity index (χ1n) is 6.25. The number of halogens is 2. The van der Waals surface area contributed by atoms with Gasteiger partial charge in [0.1, 0.15) is 5.82 Å². The molecule has 21 heavy (non-hydrogen) atoms. The summed E-state index contributed by atoms with van der Waals surface area (Å²) in [5.41, 5.74) is 1.81. The van der Waals surface area contributed by atoms with Crippen molar-refractivity contribution in [2.24, 2.45) is 0 Å². The normalized spacial score (nSPS) is 10.6. The third-order valence-electron chi connectivity index (χ3n) is 3.07. The maximum Gasteiger partial charge on any atom is 0.256 e. The standard InChI is InChI=1S/C16H10BrFN2O/c17-13-9-10(5-6-14(13)18)20-16(21)12-7-8-19-15-4-2-1-3-11(12)15/h1-9H,(H,20,21). The van der Waals surface area contributed by atoms with Gasteiger partial charge in [0.25, 0.3) is 5.91 Å². The Balaban J connectivity index is 1.95. The van der Waals surface area contributed by atoms with Crippen LogP contribution in [0.25, 0.3) is 10.9 Å². The molecule has 1 heterocycles. The molecule has 1 amide bonds. The van der Waals surface area contributed by atoms with Crippen molar-refractivity contribution in [3.05, 3.63) is 70.6 Å². The lowest BCUT2D eigenvalue weighted by Crippen LogP contribution is -2.12. The predicted octanol–water partition coefficient (Wildman–Crippen LogP) is 4.39. The van der Waals surface area contributed by atoms with E-state index in [9.17, 15) is 9.18 Å². The average Bonchev–Trinajstić information content (AvgIpc) is 2.50. The van der Waals surface area contributed by atoms with Crippen LogP contribution in [0.1, 0.15) is 10.4 Å². The van der Waals surface area contributed by atoms with Crippen molar-refractivity contribution in [1.29, 1.82) is 0 Å². The number of aromatic nitrogens is 1. The molecule has 0 radical (unpaired) electrons. The Morgan fingerprint density at radius 1 is 1.14 bits per heavy atom. The van der Waals surface area contributed by atoms with E-state index in [0.29, 0.717) is 15.7 Å². The number of pyridine rings is 1. The van der Waals surface area contributed by atoms with Crippen LogP contribution in [-0.2, 0) is 0 Å². The molecule has 0 aliphatic rings. The lowest BCUT2D eigenvalue weighted by Gasteiger charge is -2.08. The van der Waals surface area contributed by atoms with E-state index in [0.717, 1.165) is 10.9 Å². The molecule has 0 atom stereocenters. The topological polar surface area (TPSA) is 42.0 Å². The van der Waals surface area contributed by atoms with Gasteiger partial charge in [-0.05, 0) is 46.3 Å². The summed E-state index contributed by atoms with van der Waals surface area (Å²) >= 11 is 3.10. The number of carbonyl (C=O) groups excluding carboxylic acids is 1. The van der Waals surface area contributed by atoms with Crippen LogP contribution in [0.3, 0.4) is 0 Å². The van der Waals surface area contributed by atoms with Gasteiger partial charge in [0, 0.05) is 17.3 Å². The summed E-state index contributed by atoms with van der Waals surface area (Å²) in [6.07, 6.45) is 1.60. The van der Waals surface area contributed by atoms with Gasteiger partial charge in [0.15, 0.2) is 0 Å². The van der Waals surface area contributed by atoms with Gasteiger partial charge >= 0.3 is 0 Å². The molecule has 0 saturated carbocycles. The highest BCUT2D eigenvalue weighted by Gasteiger charge is 2.11. The van der Waals surface area contributed by atoms with Crippen molar-refractivity contribution in [2.45, 2.75) is 0 Å². The summed E-state index contributed by atoms with van der Waals surface area (Å²) in [6, 6.07) is 13.4. The monoisotopic (exact) mass is 344 g/mol. The Morgan fingerprint density at radius 2 is 1.95 bits per heavy atom. The molecule has 3 aromatic rings. The van der Waals surface area contributed by atoms with Gasteiger partial charge in [0.2, 0.25) is 0 Å². The number of benzene rings is 2. The number of para-hydroxylation sites is 1. The second kappa shape index (κ2) is 5.61. The molecule has 0 spiro atoms. The second-order valence-electron chi connectivity index (χ2n) is 4.46. The Labute approximate surface area is 128 Å². The molecular formula is C16H10BrFN2O. The zero-order valence-electron chi connectivity index (χ0n) is 10.8. The van der Waals surface area contributed by atoms with Crippen LogP contribution in [0.2, 0.25) is 0 Å². The summed E-state index contributed by atoms with van der Waals surface area (Å²) in [5.74, 6) is -0.630. The van der Waals surface area contributed by atoms with E-state index in [-0.39, 0.29) is 11.7 Å². The van der Waals surface area contributed by atoms with Crippen LogP contribution >= 0.6 is 15.9 Å². The van der Waals surface area contributed by atoms with Crippen LogP contribution in [0.15, 0.2) is 59.2 Å². The first-order chi connectivity index (χ1) is 10.1. The number of hydrogen-bond donors (Lipinski definition) is 1. The van der Waals surface area contributed by atoms with Crippen LogP contribution in [-0.4, -0.2) is 10.9 Å². The summed E-state index contributed by atoms with van der Waals surface area (Å²) < 4.78 is 13.5. The van der Waals surface area contributed by atoms with Gasteiger partial charge in [-0.3, -0.25) is 9.78 Å². The fourth-order valence-corrected chi connectivity index (χ4v) is 2.44. The molecule has 0 saturated heterocycles. The Hall–Kier alpha value is -2.27. The highest BCUT2D eigenvalue weighted by molar-refractivity contribution is 9.10. The lowest BCUT2D eigenvalue weighted by atomic mass is 10.1. The highest BCUT2D eigenvalue weighted by Crippen LogP contribution is 2.22. The molecule has 1 aromatic heterocycles. The first-order valence-corrected chi connectivity index (χ1v) is 7.04. The number of nitrogens with one attached hydrogen (secondary N) is 1. The molecule has 0 aliphatic heterocycles. The van der Waals surface area contributed by atoms with Crippen molar-refractivity contribution in [1.82, 2.24) is 4.98 Å². The van der Waals surface area contributed by atoms with Crippen LogP contribution in [0.5, 0.6) is 0 Å². The number of rotatable bonds is 2. The zero-order valence-corrected chi connectivity index (χ0v) is 12.4. The lowest BCUT2D eigenvalue weighted by molar-refractivity contribution is 0.102. The minimum absolute atomic E-state index is 0.257. The van der Waals surface area contributed by atoms with Gasteiger partial charge in [-0.25, -0.2) is 4.39 Å². The van der Waals surface area contributed by atoms with Crippen LogP contribution in [0, 0.1) is 5.82 Å². The van der Waals surface area contributed by atoms with Gasteiger partial charge in [-0.1, -0.05) is 18.2 Å².